The first kappa shape index (κ1) is 13.0. The number of fused-ring (bicyclic) bond motifs is 1. The Morgan fingerprint density at radius 3 is 2.60 bits per heavy atom. The lowest BCUT2D eigenvalue weighted by atomic mass is 9.96. The summed E-state index contributed by atoms with van der Waals surface area (Å²) in [5.41, 5.74) is 1.18. The smallest absolute Gasteiger partial charge is 0.417 e. The van der Waals surface area contributed by atoms with Crippen LogP contribution in [0.1, 0.15) is 17.5 Å². The van der Waals surface area contributed by atoms with Gasteiger partial charge < -0.3 is 4.74 Å². The van der Waals surface area contributed by atoms with E-state index in [9.17, 15) is 13.2 Å². The molecular weight excluding hydrogens is 265 g/mol. The standard InChI is InChI=1S/C16H13F3O/c17-16(18,19)14-6-2-1-5-13(14)12-8-7-11-4-3-9-20-15(11)10-12/h1-2,5-8,10H,3-4,9H2. The fraction of sp³-hybridized carbons (Fsp3) is 0.250. The van der Waals surface area contributed by atoms with E-state index in [1.54, 1.807) is 18.2 Å². The van der Waals surface area contributed by atoms with Crippen LogP contribution < -0.4 is 4.74 Å². The fourth-order valence-electron chi connectivity index (χ4n) is 2.49. The highest BCUT2D eigenvalue weighted by Crippen LogP contribution is 2.38. The summed E-state index contributed by atoms with van der Waals surface area (Å²) in [6.07, 6.45) is -2.49. The van der Waals surface area contributed by atoms with Gasteiger partial charge in [0.25, 0.3) is 0 Å². The van der Waals surface area contributed by atoms with E-state index in [0.717, 1.165) is 24.5 Å². The predicted molar refractivity (Wildman–Crippen MR) is 70.7 cm³/mol. The summed E-state index contributed by atoms with van der Waals surface area (Å²) >= 11 is 0. The van der Waals surface area contributed by atoms with E-state index in [4.69, 9.17) is 4.74 Å². The molecular formula is C16H13F3O. The lowest BCUT2D eigenvalue weighted by Crippen LogP contribution is -2.09. The van der Waals surface area contributed by atoms with Gasteiger partial charge in [-0.25, -0.2) is 0 Å². The second-order valence-electron chi connectivity index (χ2n) is 4.82. The van der Waals surface area contributed by atoms with Crippen molar-refractivity contribution < 1.29 is 17.9 Å². The van der Waals surface area contributed by atoms with Crippen LogP contribution in [-0.2, 0) is 12.6 Å². The zero-order valence-electron chi connectivity index (χ0n) is 10.7. The maximum absolute atomic E-state index is 13.0. The Kier molecular flexibility index (Phi) is 3.16. The molecule has 0 saturated carbocycles. The molecule has 0 saturated heterocycles. The van der Waals surface area contributed by atoms with Gasteiger partial charge in [0.2, 0.25) is 0 Å². The third-order valence-electron chi connectivity index (χ3n) is 3.46. The molecule has 0 fully saturated rings. The highest BCUT2D eigenvalue weighted by atomic mass is 19.4. The summed E-state index contributed by atoms with van der Waals surface area (Å²) in [7, 11) is 0. The van der Waals surface area contributed by atoms with Gasteiger partial charge >= 0.3 is 6.18 Å². The van der Waals surface area contributed by atoms with Gasteiger partial charge in [0.15, 0.2) is 0 Å². The summed E-state index contributed by atoms with van der Waals surface area (Å²) in [5, 5.41) is 0. The summed E-state index contributed by atoms with van der Waals surface area (Å²) in [6, 6.07) is 10.9. The maximum Gasteiger partial charge on any atom is 0.417 e. The summed E-state index contributed by atoms with van der Waals surface area (Å²) in [6.45, 7) is 0.622. The number of benzene rings is 2. The number of halogens is 3. The molecule has 1 nitrogen and oxygen atoms in total. The third kappa shape index (κ3) is 2.38. The molecule has 0 amide bonds. The molecule has 2 aromatic rings. The Morgan fingerprint density at radius 2 is 1.80 bits per heavy atom. The molecule has 0 aliphatic carbocycles. The van der Waals surface area contributed by atoms with Crippen molar-refractivity contribution in [1.82, 2.24) is 0 Å². The van der Waals surface area contributed by atoms with Gasteiger partial charge in [-0.2, -0.15) is 13.2 Å². The van der Waals surface area contributed by atoms with Crippen molar-refractivity contribution in [2.24, 2.45) is 0 Å². The number of hydrogen-bond donors (Lipinski definition) is 0. The first-order valence-corrected chi connectivity index (χ1v) is 6.48. The Morgan fingerprint density at radius 1 is 1.00 bits per heavy atom. The minimum absolute atomic E-state index is 0.192. The molecule has 1 aliphatic heterocycles. The molecule has 104 valence electrons. The highest BCUT2D eigenvalue weighted by molar-refractivity contribution is 5.70. The Hall–Kier alpha value is -1.97. The van der Waals surface area contributed by atoms with Gasteiger partial charge in [0.1, 0.15) is 5.75 Å². The molecule has 4 heteroatoms. The van der Waals surface area contributed by atoms with Crippen molar-refractivity contribution in [3.05, 3.63) is 53.6 Å². The molecule has 0 N–H and O–H groups in total. The van der Waals surface area contributed by atoms with Crippen LogP contribution in [0.4, 0.5) is 13.2 Å². The van der Waals surface area contributed by atoms with Crippen LogP contribution in [0.2, 0.25) is 0 Å². The van der Waals surface area contributed by atoms with Crippen LogP contribution in [0.25, 0.3) is 11.1 Å². The van der Waals surface area contributed by atoms with Crippen molar-refractivity contribution >= 4 is 0 Å². The largest absolute Gasteiger partial charge is 0.493 e. The minimum atomic E-state index is -4.35. The zero-order valence-corrected chi connectivity index (χ0v) is 10.7. The van der Waals surface area contributed by atoms with Crippen LogP contribution in [0.5, 0.6) is 5.75 Å². The number of aryl methyl sites for hydroxylation is 1. The van der Waals surface area contributed by atoms with Crippen LogP contribution in [0.15, 0.2) is 42.5 Å². The number of hydrogen-bond acceptors (Lipinski definition) is 1. The molecule has 0 aromatic heterocycles. The predicted octanol–water partition coefficient (Wildman–Crippen LogP) is 4.70. The van der Waals surface area contributed by atoms with E-state index in [2.05, 4.69) is 0 Å². The van der Waals surface area contributed by atoms with Gasteiger partial charge in [-0.05, 0) is 41.7 Å². The van der Waals surface area contributed by atoms with Gasteiger partial charge in [0, 0.05) is 0 Å². The van der Waals surface area contributed by atoms with E-state index in [1.807, 2.05) is 6.07 Å². The molecule has 0 atom stereocenters. The molecule has 1 heterocycles. The second kappa shape index (κ2) is 4.85. The van der Waals surface area contributed by atoms with Crippen LogP contribution in [0.3, 0.4) is 0 Å². The summed E-state index contributed by atoms with van der Waals surface area (Å²) in [4.78, 5) is 0. The highest BCUT2D eigenvalue weighted by Gasteiger charge is 2.33. The van der Waals surface area contributed by atoms with E-state index in [-0.39, 0.29) is 5.56 Å². The lowest BCUT2D eigenvalue weighted by Gasteiger charge is -2.19. The van der Waals surface area contributed by atoms with Gasteiger partial charge in [0.05, 0.1) is 12.2 Å². The number of alkyl halides is 3. The van der Waals surface area contributed by atoms with Crippen molar-refractivity contribution in [3.8, 4) is 16.9 Å². The molecule has 0 bridgehead atoms. The molecule has 1 aliphatic rings. The zero-order chi connectivity index (χ0) is 14.2. The molecule has 0 radical (unpaired) electrons. The van der Waals surface area contributed by atoms with E-state index >= 15 is 0 Å². The first-order valence-electron chi connectivity index (χ1n) is 6.48. The quantitative estimate of drug-likeness (QED) is 0.734. The average molecular weight is 278 g/mol. The maximum atomic E-state index is 13.0. The van der Waals surface area contributed by atoms with E-state index < -0.39 is 11.7 Å². The molecule has 0 spiro atoms. The lowest BCUT2D eigenvalue weighted by molar-refractivity contribution is -0.137. The third-order valence-corrected chi connectivity index (χ3v) is 3.46. The van der Waals surface area contributed by atoms with Crippen molar-refractivity contribution in [2.45, 2.75) is 19.0 Å². The second-order valence-corrected chi connectivity index (χ2v) is 4.82. The normalized spacial score (nSPS) is 14.6. The van der Waals surface area contributed by atoms with Crippen molar-refractivity contribution in [1.29, 1.82) is 0 Å². The van der Waals surface area contributed by atoms with Crippen LogP contribution >= 0.6 is 0 Å². The fourth-order valence-corrected chi connectivity index (χ4v) is 2.49. The van der Waals surface area contributed by atoms with Gasteiger partial charge in [-0.3, -0.25) is 0 Å². The molecule has 20 heavy (non-hydrogen) atoms. The monoisotopic (exact) mass is 278 g/mol. The topological polar surface area (TPSA) is 9.23 Å². The molecule has 2 aromatic carbocycles. The van der Waals surface area contributed by atoms with Crippen molar-refractivity contribution in [2.75, 3.05) is 6.61 Å². The van der Waals surface area contributed by atoms with E-state index in [0.29, 0.717) is 17.9 Å². The SMILES string of the molecule is FC(F)(F)c1ccccc1-c1ccc2c(c1)OCCC2. The molecule has 3 rings (SSSR count). The summed E-state index contributed by atoms with van der Waals surface area (Å²) in [5.74, 6) is 0.700. The Balaban J connectivity index is 2.10. The van der Waals surface area contributed by atoms with Crippen LogP contribution in [-0.4, -0.2) is 6.61 Å². The van der Waals surface area contributed by atoms with Gasteiger partial charge in [-0.15, -0.1) is 0 Å². The van der Waals surface area contributed by atoms with Crippen LogP contribution in [0, 0.1) is 0 Å². The average Bonchev–Trinajstić information content (AvgIpc) is 2.46. The van der Waals surface area contributed by atoms with E-state index in [1.165, 1.54) is 12.1 Å². The Bertz CT molecular complexity index is 632. The number of ether oxygens (including phenoxy) is 1. The number of rotatable bonds is 1. The van der Waals surface area contributed by atoms with Crippen molar-refractivity contribution in [3.63, 3.8) is 0 Å². The first-order chi connectivity index (χ1) is 9.55. The Labute approximate surface area is 115 Å². The summed E-state index contributed by atoms with van der Waals surface area (Å²) < 4.78 is 44.7. The minimum Gasteiger partial charge on any atom is -0.493 e. The van der Waals surface area contributed by atoms with Gasteiger partial charge in [-0.1, -0.05) is 30.3 Å². The molecule has 0 unspecified atom stereocenters.